The molecule has 0 radical (unpaired) electrons. The Morgan fingerprint density at radius 1 is 0.571 bits per heavy atom. The fraction of sp³-hybridized carbons (Fsp3) is 0.857. The van der Waals surface area contributed by atoms with E-state index in [1.807, 2.05) is 0 Å². The molecule has 2 heterocycles. The summed E-state index contributed by atoms with van der Waals surface area (Å²) in [6.45, 7) is 2.69. The van der Waals surface area contributed by atoms with Gasteiger partial charge in [0.2, 0.25) is 5.91 Å². The summed E-state index contributed by atoms with van der Waals surface area (Å²) in [5.74, 6) is -0.222. The number of carbonyl (C=O) groups is 1. The second kappa shape index (κ2) is 36.3. The first-order valence-corrected chi connectivity index (χ1v) is 24.7. The van der Waals surface area contributed by atoms with Crippen LogP contribution in [0.3, 0.4) is 0 Å². The van der Waals surface area contributed by atoms with Gasteiger partial charge in [-0.05, 0) is 51.4 Å². The molecule has 0 aromatic heterocycles. The van der Waals surface area contributed by atoms with E-state index in [4.69, 9.17) is 18.9 Å². The third-order valence-corrected chi connectivity index (χ3v) is 12.1. The lowest BCUT2D eigenvalue weighted by atomic mass is 9.97. The van der Waals surface area contributed by atoms with Crippen molar-refractivity contribution in [3.8, 4) is 0 Å². The number of nitrogens with one attached hydrogen (secondary N) is 1. The lowest BCUT2D eigenvalue weighted by Crippen LogP contribution is -2.65. The molecule has 2 aliphatic heterocycles. The molecule has 2 saturated heterocycles. The Balaban J connectivity index is 1.65. The standard InChI is InChI=1S/C49H89NO13/c1-3-5-7-9-10-11-12-13-14-15-16-17-18-19-20-21-22-23-24-25-26-27-28-29-31-33-41(54)50-37(38(53)32-30-8-6-4-2)36-60-48-46(59)44(57)47(40(35-52)62-48)63-49-45(58)43(56)42(55)39(34-51)61-49/h12-13,15-16,18-19,37-40,42-49,51-53,55-59H,3-11,14,17,20-36H2,1-2H3,(H,50,54)/b13-12-,16-15-,19-18-. The van der Waals surface area contributed by atoms with Crippen LogP contribution >= 0.6 is 0 Å². The third kappa shape index (κ3) is 24.0. The van der Waals surface area contributed by atoms with E-state index in [1.165, 1.54) is 77.0 Å². The van der Waals surface area contributed by atoms with Crippen LogP contribution < -0.4 is 5.32 Å². The van der Waals surface area contributed by atoms with E-state index in [1.54, 1.807) is 0 Å². The van der Waals surface area contributed by atoms with Crippen molar-refractivity contribution in [2.45, 2.75) is 248 Å². The highest BCUT2D eigenvalue weighted by atomic mass is 16.7. The van der Waals surface area contributed by atoms with Crippen LogP contribution in [0.2, 0.25) is 0 Å². The molecule has 12 unspecified atom stereocenters. The number of amides is 1. The molecule has 63 heavy (non-hydrogen) atoms. The first-order chi connectivity index (χ1) is 30.6. The van der Waals surface area contributed by atoms with Crippen LogP contribution in [0.15, 0.2) is 36.5 Å². The minimum Gasteiger partial charge on any atom is -0.394 e. The Morgan fingerprint density at radius 2 is 1.05 bits per heavy atom. The van der Waals surface area contributed by atoms with E-state index in [9.17, 15) is 45.6 Å². The topological polar surface area (TPSA) is 228 Å². The van der Waals surface area contributed by atoms with Crippen LogP contribution in [0.25, 0.3) is 0 Å². The van der Waals surface area contributed by atoms with Crippen molar-refractivity contribution in [3.63, 3.8) is 0 Å². The van der Waals surface area contributed by atoms with Crippen molar-refractivity contribution in [3.05, 3.63) is 36.5 Å². The van der Waals surface area contributed by atoms with Gasteiger partial charge in [0.25, 0.3) is 0 Å². The SMILES string of the molecule is CCCCCCC/C=C\C/C=C\C/C=C\CCCCCCCCCCCCC(=O)NC(COC1OC(CO)C(OC2OC(CO)C(O)C(O)C2O)C(O)C1O)C(O)CCCCCC. The Labute approximate surface area is 379 Å². The Bertz CT molecular complexity index is 1200. The number of allylic oxidation sites excluding steroid dienone is 6. The van der Waals surface area contributed by atoms with Crippen LogP contribution in [0.1, 0.15) is 174 Å². The van der Waals surface area contributed by atoms with Gasteiger partial charge in [-0.1, -0.05) is 153 Å². The molecular formula is C49H89NO13. The summed E-state index contributed by atoms with van der Waals surface area (Å²) < 4.78 is 22.6. The number of hydrogen-bond acceptors (Lipinski definition) is 13. The summed E-state index contributed by atoms with van der Waals surface area (Å²) in [6, 6.07) is -0.826. The minimum atomic E-state index is -1.78. The molecule has 0 bridgehead atoms. The quantitative estimate of drug-likeness (QED) is 0.0261. The highest BCUT2D eigenvalue weighted by Gasteiger charge is 2.51. The van der Waals surface area contributed by atoms with Crippen molar-refractivity contribution in [2.24, 2.45) is 0 Å². The van der Waals surface area contributed by atoms with Crippen LogP contribution in [0, 0.1) is 0 Å². The first kappa shape index (κ1) is 57.3. The van der Waals surface area contributed by atoms with E-state index in [-0.39, 0.29) is 12.5 Å². The molecule has 2 rings (SSSR count). The smallest absolute Gasteiger partial charge is 0.220 e. The summed E-state index contributed by atoms with van der Waals surface area (Å²) >= 11 is 0. The summed E-state index contributed by atoms with van der Waals surface area (Å²) in [5.41, 5.74) is 0. The van der Waals surface area contributed by atoms with Gasteiger partial charge in [-0.3, -0.25) is 4.79 Å². The van der Waals surface area contributed by atoms with E-state index in [0.29, 0.717) is 12.8 Å². The number of hydrogen-bond donors (Lipinski definition) is 9. The lowest BCUT2D eigenvalue weighted by Gasteiger charge is -2.46. The van der Waals surface area contributed by atoms with Gasteiger partial charge in [-0.25, -0.2) is 0 Å². The molecule has 0 aliphatic carbocycles. The zero-order chi connectivity index (χ0) is 46.1. The van der Waals surface area contributed by atoms with Crippen molar-refractivity contribution < 1.29 is 64.6 Å². The summed E-state index contributed by atoms with van der Waals surface area (Å²) in [5, 5.41) is 86.1. The Hall–Kier alpha value is -1.79. The monoisotopic (exact) mass is 900 g/mol. The number of carbonyl (C=O) groups excluding carboxylic acids is 1. The molecule has 1 amide bonds. The van der Waals surface area contributed by atoms with Gasteiger partial charge in [-0.2, -0.15) is 0 Å². The van der Waals surface area contributed by atoms with Crippen LogP contribution in [0.4, 0.5) is 0 Å². The lowest BCUT2D eigenvalue weighted by molar-refractivity contribution is -0.359. The molecule has 368 valence electrons. The zero-order valence-electron chi connectivity index (χ0n) is 38.8. The molecule has 2 aliphatic rings. The maximum absolute atomic E-state index is 13.0. The molecular weight excluding hydrogens is 811 g/mol. The molecule has 14 heteroatoms. The maximum Gasteiger partial charge on any atom is 0.220 e. The number of unbranched alkanes of at least 4 members (excludes halogenated alkanes) is 18. The van der Waals surface area contributed by atoms with Gasteiger partial charge >= 0.3 is 0 Å². The van der Waals surface area contributed by atoms with Crippen LogP contribution in [-0.4, -0.2) is 140 Å². The third-order valence-electron chi connectivity index (χ3n) is 12.1. The Kier molecular flexibility index (Phi) is 33.1. The Morgan fingerprint density at radius 3 is 1.60 bits per heavy atom. The molecule has 0 spiro atoms. The highest BCUT2D eigenvalue weighted by molar-refractivity contribution is 5.76. The van der Waals surface area contributed by atoms with E-state index in [2.05, 4.69) is 55.6 Å². The number of aliphatic hydroxyl groups excluding tert-OH is 8. The largest absolute Gasteiger partial charge is 0.394 e. The predicted molar refractivity (Wildman–Crippen MR) is 244 cm³/mol. The normalized spacial score (nSPS) is 27.8. The highest BCUT2D eigenvalue weighted by Crippen LogP contribution is 2.30. The molecule has 0 aromatic rings. The van der Waals surface area contributed by atoms with Crippen molar-refractivity contribution in [1.82, 2.24) is 5.32 Å². The summed E-state index contributed by atoms with van der Waals surface area (Å²) in [4.78, 5) is 13.0. The first-order valence-electron chi connectivity index (χ1n) is 24.7. The predicted octanol–water partition coefficient (Wildman–Crippen LogP) is 5.93. The number of aliphatic hydroxyl groups is 8. The van der Waals surface area contributed by atoms with Gasteiger partial charge in [-0.15, -0.1) is 0 Å². The fourth-order valence-corrected chi connectivity index (χ4v) is 8.01. The molecule has 0 aromatic carbocycles. The average Bonchev–Trinajstić information content (AvgIpc) is 3.28. The second-order valence-electron chi connectivity index (χ2n) is 17.6. The van der Waals surface area contributed by atoms with E-state index < -0.39 is 86.8 Å². The number of rotatable bonds is 37. The zero-order valence-corrected chi connectivity index (χ0v) is 38.8. The minimum absolute atomic E-state index is 0.222. The summed E-state index contributed by atoms with van der Waals surface area (Å²) in [7, 11) is 0. The summed E-state index contributed by atoms with van der Waals surface area (Å²) in [6.07, 6.45) is 23.8. The van der Waals surface area contributed by atoms with Crippen LogP contribution in [0.5, 0.6) is 0 Å². The van der Waals surface area contributed by atoms with Gasteiger partial charge in [0.15, 0.2) is 12.6 Å². The van der Waals surface area contributed by atoms with Crippen molar-refractivity contribution >= 4 is 5.91 Å². The maximum atomic E-state index is 13.0. The van der Waals surface area contributed by atoms with Crippen molar-refractivity contribution in [2.75, 3.05) is 19.8 Å². The molecule has 14 nitrogen and oxygen atoms in total. The van der Waals surface area contributed by atoms with Crippen molar-refractivity contribution in [1.29, 1.82) is 0 Å². The van der Waals surface area contributed by atoms with Gasteiger partial charge in [0, 0.05) is 6.42 Å². The fourth-order valence-electron chi connectivity index (χ4n) is 8.01. The van der Waals surface area contributed by atoms with E-state index >= 15 is 0 Å². The number of ether oxygens (including phenoxy) is 4. The average molecular weight is 900 g/mol. The van der Waals surface area contributed by atoms with Gasteiger partial charge in [0.1, 0.15) is 48.8 Å². The van der Waals surface area contributed by atoms with Gasteiger partial charge < -0.3 is 65.1 Å². The van der Waals surface area contributed by atoms with Gasteiger partial charge in [0.05, 0.1) is 32.0 Å². The van der Waals surface area contributed by atoms with E-state index in [0.717, 1.165) is 70.6 Å². The molecule has 0 saturated carbocycles. The molecule has 9 N–H and O–H groups in total. The molecule has 2 fully saturated rings. The molecule has 12 atom stereocenters. The van der Waals surface area contributed by atoms with Crippen LogP contribution in [-0.2, 0) is 23.7 Å². The second-order valence-corrected chi connectivity index (χ2v) is 17.6.